The number of aromatic nitrogens is 1. The minimum atomic E-state index is -0.0940. The van der Waals surface area contributed by atoms with Gasteiger partial charge in [0.1, 0.15) is 0 Å². The Labute approximate surface area is 153 Å². The summed E-state index contributed by atoms with van der Waals surface area (Å²) < 4.78 is 18.2. The molecule has 136 valence electrons. The fraction of sp³-hybridized carbons (Fsp3) is 0.286. The van der Waals surface area contributed by atoms with Crippen LogP contribution in [0.2, 0.25) is 0 Å². The zero-order valence-corrected chi connectivity index (χ0v) is 15.7. The number of nitrogens with zero attached hydrogens (tertiary/aromatic N) is 1. The van der Waals surface area contributed by atoms with E-state index < -0.39 is 0 Å². The van der Waals surface area contributed by atoms with Gasteiger partial charge < -0.3 is 18.8 Å². The van der Waals surface area contributed by atoms with Gasteiger partial charge in [-0.1, -0.05) is 0 Å². The molecule has 0 radical (unpaired) electrons. The Bertz CT molecular complexity index is 931. The molecule has 26 heavy (non-hydrogen) atoms. The van der Waals surface area contributed by atoms with Gasteiger partial charge in [-0.15, -0.1) is 0 Å². The van der Waals surface area contributed by atoms with Crippen molar-refractivity contribution in [3.8, 4) is 17.2 Å². The Balaban J connectivity index is 2.05. The van der Waals surface area contributed by atoms with Gasteiger partial charge in [-0.25, -0.2) is 0 Å². The molecule has 0 N–H and O–H groups in total. The molecular formula is C21H23NO4. The Kier molecular flexibility index (Phi) is 4.89. The number of rotatable bonds is 6. The number of fused-ring (bicyclic) bond motifs is 1. The zero-order valence-electron chi connectivity index (χ0n) is 15.7. The summed E-state index contributed by atoms with van der Waals surface area (Å²) in [5, 5.41) is 1.04. The zero-order chi connectivity index (χ0) is 18.8. The summed E-state index contributed by atoms with van der Waals surface area (Å²) in [7, 11) is 4.60. The molecular weight excluding hydrogens is 330 g/mol. The van der Waals surface area contributed by atoms with E-state index in [1.807, 2.05) is 30.5 Å². The number of ketones is 1. The van der Waals surface area contributed by atoms with Gasteiger partial charge in [0.25, 0.3) is 0 Å². The third-order valence-electron chi connectivity index (χ3n) is 4.47. The minimum Gasteiger partial charge on any atom is -0.493 e. The molecule has 1 aromatic heterocycles. The molecule has 3 aromatic rings. The molecule has 5 heteroatoms. The Morgan fingerprint density at radius 2 is 1.54 bits per heavy atom. The lowest BCUT2D eigenvalue weighted by Gasteiger charge is -2.14. The molecule has 0 aliphatic heterocycles. The highest BCUT2D eigenvalue weighted by molar-refractivity contribution is 6.11. The lowest BCUT2D eigenvalue weighted by Crippen LogP contribution is -2.04. The number of hydrogen-bond donors (Lipinski definition) is 0. The highest BCUT2D eigenvalue weighted by atomic mass is 16.5. The number of methoxy groups -OCH3 is 3. The normalized spacial score (nSPS) is 11.0. The van der Waals surface area contributed by atoms with Crippen LogP contribution < -0.4 is 14.2 Å². The lowest BCUT2D eigenvalue weighted by atomic mass is 10.0. The van der Waals surface area contributed by atoms with Crippen molar-refractivity contribution in [1.29, 1.82) is 0 Å². The van der Waals surface area contributed by atoms with Gasteiger partial charge in [-0.3, -0.25) is 4.79 Å². The average molecular weight is 353 g/mol. The van der Waals surface area contributed by atoms with E-state index in [4.69, 9.17) is 14.2 Å². The first-order chi connectivity index (χ1) is 12.5. The summed E-state index contributed by atoms with van der Waals surface area (Å²) in [5.74, 6) is 1.30. The number of benzene rings is 2. The number of carbonyl (C=O) groups excluding carboxylic acids is 1. The smallest absolute Gasteiger partial charge is 0.203 e. The first kappa shape index (κ1) is 17.9. The topological polar surface area (TPSA) is 49.7 Å². The van der Waals surface area contributed by atoms with Crippen LogP contribution in [0.5, 0.6) is 17.2 Å². The maximum Gasteiger partial charge on any atom is 0.203 e. The van der Waals surface area contributed by atoms with Crippen molar-refractivity contribution in [3.05, 3.63) is 53.7 Å². The lowest BCUT2D eigenvalue weighted by molar-refractivity contribution is 0.103. The first-order valence-electron chi connectivity index (χ1n) is 8.45. The molecule has 0 atom stereocenters. The summed E-state index contributed by atoms with van der Waals surface area (Å²) >= 11 is 0. The van der Waals surface area contributed by atoms with Gasteiger partial charge in [0.2, 0.25) is 5.75 Å². The van der Waals surface area contributed by atoms with E-state index in [1.165, 1.54) is 21.3 Å². The molecule has 1 heterocycles. The fourth-order valence-electron chi connectivity index (χ4n) is 3.13. The van der Waals surface area contributed by atoms with Crippen molar-refractivity contribution in [2.75, 3.05) is 21.3 Å². The summed E-state index contributed by atoms with van der Waals surface area (Å²) in [5.41, 5.74) is 2.22. The SMILES string of the molecule is COc1cc(C(=O)c2ccc3c(ccn3C(C)C)c2)cc(OC)c1OC. The second-order valence-corrected chi connectivity index (χ2v) is 6.33. The molecule has 0 aliphatic rings. The molecule has 5 nitrogen and oxygen atoms in total. The van der Waals surface area contributed by atoms with E-state index in [1.54, 1.807) is 12.1 Å². The van der Waals surface area contributed by atoms with E-state index in [0.717, 1.165) is 10.9 Å². The third kappa shape index (κ3) is 3.01. The minimum absolute atomic E-state index is 0.0940. The van der Waals surface area contributed by atoms with Crippen LogP contribution in [0.15, 0.2) is 42.6 Å². The van der Waals surface area contributed by atoms with E-state index in [9.17, 15) is 4.79 Å². The number of carbonyl (C=O) groups is 1. The van der Waals surface area contributed by atoms with Crippen molar-refractivity contribution < 1.29 is 19.0 Å². The van der Waals surface area contributed by atoms with Crippen molar-refractivity contribution in [2.24, 2.45) is 0 Å². The molecule has 3 rings (SSSR count). The van der Waals surface area contributed by atoms with Crippen LogP contribution in [0.4, 0.5) is 0 Å². The molecule has 0 spiro atoms. The Morgan fingerprint density at radius 3 is 2.08 bits per heavy atom. The number of hydrogen-bond acceptors (Lipinski definition) is 4. The van der Waals surface area contributed by atoms with Gasteiger partial charge in [0.05, 0.1) is 21.3 Å². The van der Waals surface area contributed by atoms with Crippen LogP contribution in [-0.4, -0.2) is 31.7 Å². The highest BCUT2D eigenvalue weighted by Crippen LogP contribution is 2.38. The average Bonchev–Trinajstić information content (AvgIpc) is 3.09. The summed E-state index contributed by atoms with van der Waals surface area (Å²) in [6.07, 6.45) is 2.04. The highest BCUT2D eigenvalue weighted by Gasteiger charge is 2.18. The molecule has 0 saturated heterocycles. The summed E-state index contributed by atoms with van der Waals surface area (Å²) in [6, 6.07) is 11.5. The van der Waals surface area contributed by atoms with Crippen molar-refractivity contribution >= 4 is 16.7 Å². The second kappa shape index (κ2) is 7.12. The molecule has 0 amide bonds. The molecule has 0 saturated carbocycles. The van der Waals surface area contributed by atoms with E-state index >= 15 is 0 Å². The second-order valence-electron chi connectivity index (χ2n) is 6.33. The van der Waals surface area contributed by atoms with Gasteiger partial charge in [0, 0.05) is 34.3 Å². The van der Waals surface area contributed by atoms with Crippen molar-refractivity contribution in [1.82, 2.24) is 4.57 Å². The van der Waals surface area contributed by atoms with Gasteiger partial charge >= 0.3 is 0 Å². The molecule has 2 aromatic carbocycles. The quantitative estimate of drug-likeness (QED) is 0.613. The van der Waals surface area contributed by atoms with Crippen LogP contribution in [0.1, 0.15) is 35.8 Å². The molecule has 0 aliphatic carbocycles. The van der Waals surface area contributed by atoms with Gasteiger partial charge in [-0.05, 0) is 50.2 Å². The Hall–Kier alpha value is -2.95. The number of ether oxygens (including phenoxy) is 3. The van der Waals surface area contributed by atoms with Crippen LogP contribution in [0.25, 0.3) is 10.9 Å². The van der Waals surface area contributed by atoms with Gasteiger partial charge in [-0.2, -0.15) is 0 Å². The van der Waals surface area contributed by atoms with E-state index in [2.05, 4.69) is 18.4 Å². The Morgan fingerprint density at radius 1 is 0.885 bits per heavy atom. The van der Waals surface area contributed by atoms with E-state index in [0.29, 0.717) is 34.4 Å². The molecule has 0 unspecified atom stereocenters. The monoisotopic (exact) mass is 353 g/mol. The van der Waals surface area contributed by atoms with Crippen LogP contribution in [0.3, 0.4) is 0 Å². The predicted octanol–water partition coefficient (Wildman–Crippen LogP) is 4.48. The van der Waals surface area contributed by atoms with Crippen LogP contribution >= 0.6 is 0 Å². The first-order valence-corrected chi connectivity index (χ1v) is 8.45. The predicted molar refractivity (Wildman–Crippen MR) is 102 cm³/mol. The maximum atomic E-state index is 13.0. The summed E-state index contributed by atoms with van der Waals surface area (Å²) in [4.78, 5) is 13.0. The van der Waals surface area contributed by atoms with Gasteiger partial charge in [0.15, 0.2) is 17.3 Å². The summed E-state index contributed by atoms with van der Waals surface area (Å²) in [6.45, 7) is 4.27. The van der Waals surface area contributed by atoms with E-state index in [-0.39, 0.29) is 5.78 Å². The standard InChI is InChI=1S/C21H23NO4/c1-13(2)22-9-8-14-10-15(6-7-17(14)22)20(23)16-11-18(24-3)21(26-5)19(12-16)25-4/h6-13H,1-5H3. The largest absolute Gasteiger partial charge is 0.493 e. The maximum absolute atomic E-state index is 13.0. The van der Waals surface area contributed by atoms with Crippen LogP contribution in [0, 0.1) is 0 Å². The molecule has 0 fully saturated rings. The molecule has 0 bridgehead atoms. The third-order valence-corrected chi connectivity index (χ3v) is 4.47. The van der Waals surface area contributed by atoms with Crippen LogP contribution in [-0.2, 0) is 0 Å². The van der Waals surface area contributed by atoms with Crippen molar-refractivity contribution in [3.63, 3.8) is 0 Å². The van der Waals surface area contributed by atoms with Crippen molar-refractivity contribution in [2.45, 2.75) is 19.9 Å². The fourth-order valence-corrected chi connectivity index (χ4v) is 3.13.